The lowest BCUT2D eigenvalue weighted by Gasteiger charge is -2.37. The van der Waals surface area contributed by atoms with Crippen LogP contribution in [0.15, 0.2) is 0 Å². The molecular weight excluding hydrogens is 226 g/mol. The highest BCUT2D eigenvalue weighted by Crippen LogP contribution is 2.23. The Kier molecular flexibility index (Phi) is 5.17. The molecule has 18 heavy (non-hydrogen) atoms. The third-order valence-corrected chi connectivity index (χ3v) is 3.75. The number of amides is 1. The number of nitrogens with zero attached hydrogens (tertiary/aromatic N) is 2. The molecule has 1 amide bonds. The van der Waals surface area contributed by atoms with Crippen LogP contribution in [0.25, 0.3) is 0 Å². The molecule has 1 fully saturated rings. The molecule has 0 bridgehead atoms. The van der Waals surface area contributed by atoms with Gasteiger partial charge >= 0.3 is 0 Å². The molecule has 0 saturated carbocycles. The predicted octanol–water partition coefficient (Wildman–Crippen LogP) is 1.16. The van der Waals surface area contributed by atoms with Crippen molar-refractivity contribution >= 4 is 5.91 Å². The van der Waals surface area contributed by atoms with E-state index in [-0.39, 0.29) is 17.4 Å². The lowest BCUT2D eigenvalue weighted by Crippen LogP contribution is -2.52. The van der Waals surface area contributed by atoms with Crippen LogP contribution >= 0.6 is 0 Å². The fraction of sp³-hybridized carbons (Fsp3) is 0.929. The van der Waals surface area contributed by atoms with Gasteiger partial charge in [0.15, 0.2) is 0 Å². The van der Waals surface area contributed by atoms with E-state index >= 15 is 0 Å². The van der Waals surface area contributed by atoms with Crippen molar-refractivity contribution in [2.45, 2.75) is 39.7 Å². The SMILES string of the molecule is CN(C)CC1CCN(C(=O)[C@@H](N)C(C)(C)C)CC1. The van der Waals surface area contributed by atoms with E-state index in [9.17, 15) is 4.79 Å². The molecule has 1 saturated heterocycles. The molecule has 4 nitrogen and oxygen atoms in total. The van der Waals surface area contributed by atoms with Crippen molar-refractivity contribution in [2.75, 3.05) is 33.7 Å². The van der Waals surface area contributed by atoms with Gasteiger partial charge in [-0.2, -0.15) is 0 Å². The van der Waals surface area contributed by atoms with Crippen molar-refractivity contribution in [1.82, 2.24) is 9.80 Å². The topological polar surface area (TPSA) is 49.6 Å². The maximum atomic E-state index is 12.3. The van der Waals surface area contributed by atoms with Crippen molar-refractivity contribution in [3.05, 3.63) is 0 Å². The molecule has 1 aliphatic rings. The van der Waals surface area contributed by atoms with Crippen LogP contribution in [-0.2, 0) is 4.79 Å². The maximum absolute atomic E-state index is 12.3. The Hall–Kier alpha value is -0.610. The number of carbonyl (C=O) groups is 1. The maximum Gasteiger partial charge on any atom is 0.240 e. The quantitative estimate of drug-likeness (QED) is 0.823. The highest BCUT2D eigenvalue weighted by molar-refractivity contribution is 5.82. The Balaban J connectivity index is 2.45. The van der Waals surface area contributed by atoms with E-state index in [0.717, 1.165) is 38.4 Å². The summed E-state index contributed by atoms with van der Waals surface area (Å²) in [5.74, 6) is 0.834. The van der Waals surface area contributed by atoms with Gasteiger partial charge in [-0.25, -0.2) is 0 Å². The van der Waals surface area contributed by atoms with E-state index in [1.807, 2.05) is 25.7 Å². The summed E-state index contributed by atoms with van der Waals surface area (Å²) >= 11 is 0. The van der Waals surface area contributed by atoms with Gasteiger partial charge in [0, 0.05) is 19.6 Å². The first-order valence-corrected chi connectivity index (χ1v) is 6.91. The summed E-state index contributed by atoms with van der Waals surface area (Å²) in [4.78, 5) is 16.4. The van der Waals surface area contributed by atoms with Crippen molar-refractivity contribution in [2.24, 2.45) is 17.1 Å². The number of carbonyl (C=O) groups excluding carboxylic acids is 1. The van der Waals surface area contributed by atoms with Crippen molar-refractivity contribution in [3.63, 3.8) is 0 Å². The molecule has 0 radical (unpaired) electrons. The number of hydrogen-bond donors (Lipinski definition) is 1. The van der Waals surface area contributed by atoms with Crippen molar-refractivity contribution in [1.29, 1.82) is 0 Å². The molecule has 4 heteroatoms. The van der Waals surface area contributed by atoms with Crippen molar-refractivity contribution in [3.8, 4) is 0 Å². The molecule has 0 spiro atoms. The van der Waals surface area contributed by atoms with Crippen LogP contribution in [0.5, 0.6) is 0 Å². The van der Waals surface area contributed by atoms with Crippen molar-refractivity contribution < 1.29 is 4.79 Å². The van der Waals surface area contributed by atoms with Gasteiger partial charge in [-0.05, 0) is 38.3 Å². The lowest BCUT2D eigenvalue weighted by atomic mass is 9.86. The van der Waals surface area contributed by atoms with E-state index in [1.165, 1.54) is 0 Å². The Labute approximate surface area is 111 Å². The lowest BCUT2D eigenvalue weighted by molar-refractivity contribution is -0.136. The summed E-state index contributed by atoms with van der Waals surface area (Å²) in [6.07, 6.45) is 2.20. The number of nitrogens with two attached hydrogens (primary N) is 1. The third-order valence-electron chi connectivity index (χ3n) is 3.75. The molecule has 1 aliphatic heterocycles. The minimum absolute atomic E-state index is 0.116. The van der Waals surface area contributed by atoms with E-state index < -0.39 is 0 Å². The standard InChI is InChI=1S/C14H29N3O/c1-14(2,3)12(15)13(18)17-8-6-11(7-9-17)10-16(4)5/h11-12H,6-10,15H2,1-5H3/t12-/m1/s1. The van der Waals surface area contributed by atoms with Gasteiger partial charge in [0.05, 0.1) is 6.04 Å². The molecule has 1 heterocycles. The number of piperidine rings is 1. The molecule has 1 rings (SSSR count). The van der Waals surface area contributed by atoms with Crippen LogP contribution < -0.4 is 5.73 Å². The predicted molar refractivity (Wildman–Crippen MR) is 75.3 cm³/mol. The molecule has 0 unspecified atom stereocenters. The van der Waals surface area contributed by atoms with E-state index in [4.69, 9.17) is 5.73 Å². The Bertz CT molecular complexity index is 275. The van der Waals surface area contributed by atoms with E-state index in [0.29, 0.717) is 0 Å². The zero-order valence-corrected chi connectivity index (χ0v) is 12.6. The summed E-state index contributed by atoms with van der Waals surface area (Å²) in [6.45, 7) is 8.91. The summed E-state index contributed by atoms with van der Waals surface area (Å²) in [7, 11) is 4.21. The summed E-state index contributed by atoms with van der Waals surface area (Å²) < 4.78 is 0. The minimum atomic E-state index is -0.386. The largest absolute Gasteiger partial charge is 0.341 e. The molecule has 2 N–H and O–H groups in total. The molecule has 0 aliphatic carbocycles. The first kappa shape index (κ1) is 15.4. The molecule has 0 aromatic carbocycles. The van der Waals surface area contributed by atoms with Gasteiger partial charge in [0.1, 0.15) is 0 Å². The summed E-state index contributed by atoms with van der Waals surface area (Å²) in [5, 5.41) is 0. The highest BCUT2D eigenvalue weighted by Gasteiger charge is 2.32. The Morgan fingerprint density at radius 2 is 1.83 bits per heavy atom. The Morgan fingerprint density at radius 3 is 2.22 bits per heavy atom. The summed E-state index contributed by atoms with van der Waals surface area (Å²) in [5.41, 5.74) is 5.89. The van der Waals surface area contributed by atoms with Crippen LogP contribution in [0, 0.1) is 11.3 Å². The Morgan fingerprint density at radius 1 is 1.33 bits per heavy atom. The number of likely N-dealkylation sites (tertiary alicyclic amines) is 1. The second-order valence-electron chi connectivity index (χ2n) is 6.87. The molecule has 106 valence electrons. The van der Waals surface area contributed by atoms with E-state index in [1.54, 1.807) is 0 Å². The fourth-order valence-corrected chi connectivity index (χ4v) is 2.42. The van der Waals surface area contributed by atoms with Crippen LogP contribution in [0.1, 0.15) is 33.6 Å². The van der Waals surface area contributed by atoms with Gasteiger partial charge in [0.2, 0.25) is 5.91 Å². The van der Waals surface area contributed by atoms with Crippen LogP contribution in [-0.4, -0.2) is 55.5 Å². The van der Waals surface area contributed by atoms with Gasteiger partial charge in [0.25, 0.3) is 0 Å². The van der Waals surface area contributed by atoms with Gasteiger partial charge in [-0.1, -0.05) is 20.8 Å². The average Bonchev–Trinajstić information content (AvgIpc) is 2.26. The number of hydrogen-bond acceptors (Lipinski definition) is 3. The smallest absolute Gasteiger partial charge is 0.240 e. The summed E-state index contributed by atoms with van der Waals surface area (Å²) in [6, 6.07) is -0.386. The van der Waals surface area contributed by atoms with Crippen LogP contribution in [0.2, 0.25) is 0 Å². The molecule has 0 aromatic heterocycles. The monoisotopic (exact) mass is 255 g/mol. The third kappa shape index (κ3) is 4.25. The first-order valence-electron chi connectivity index (χ1n) is 6.91. The van der Waals surface area contributed by atoms with Crippen LogP contribution in [0.4, 0.5) is 0 Å². The second kappa shape index (κ2) is 6.02. The van der Waals surface area contributed by atoms with Gasteiger partial charge in [-0.15, -0.1) is 0 Å². The molecular formula is C14H29N3O. The normalized spacial score (nSPS) is 20.3. The fourth-order valence-electron chi connectivity index (χ4n) is 2.42. The molecule has 1 atom stereocenters. The van der Waals surface area contributed by atoms with Gasteiger partial charge < -0.3 is 15.5 Å². The van der Waals surface area contributed by atoms with Gasteiger partial charge in [-0.3, -0.25) is 4.79 Å². The first-order chi connectivity index (χ1) is 8.21. The number of rotatable bonds is 3. The van der Waals surface area contributed by atoms with Crippen LogP contribution in [0.3, 0.4) is 0 Å². The van der Waals surface area contributed by atoms with E-state index in [2.05, 4.69) is 19.0 Å². The molecule has 0 aromatic rings. The highest BCUT2D eigenvalue weighted by atomic mass is 16.2. The zero-order chi connectivity index (χ0) is 13.9. The average molecular weight is 255 g/mol. The zero-order valence-electron chi connectivity index (χ0n) is 12.6. The second-order valence-corrected chi connectivity index (χ2v) is 6.87. The minimum Gasteiger partial charge on any atom is -0.341 e.